The van der Waals surface area contributed by atoms with Gasteiger partial charge in [-0.3, -0.25) is 5.84 Å². The Kier molecular flexibility index (Phi) is 4.38. The molecule has 0 spiro atoms. The van der Waals surface area contributed by atoms with Crippen LogP contribution in [0, 0.1) is 0 Å². The SMILES string of the molecule is CCCc1nnsc1C(NN)c1c(Br)nnn1C. The monoisotopic (exact) mass is 331 g/mol. The number of nitrogens with two attached hydrogens (primary N) is 1. The van der Waals surface area contributed by atoms with E-state index in [2.05, 4.69) is 48.2 Å². The lowest BCUT2D eigenvalue weighted by molar-refractivity contribution is 0.570. The summed E-state index contributed by atoms with van der Waals surface area (Å²) in [6.07, 6.45) is 1.90. The molecule has 18 heavy (non-hydrogen) atoms. The number of hydrogen-bond acceptors (Lipinski definition) is 7. The zero-order chi connectivity index (χ0) is 13.1. The third kappa shape index (κ3) is 2.44. The van der Waals surface area contributed by atoms with E-state index in [4.69, 9.17) is 5.84 Å². The third-order valence-corrected chi connectivity index (χ3v) is 4.00. The van der Waals surface area contributed by atoms with Crippen LogP contribution in [0.15, 0.2) is 4.60 Å². The van der Waals surface area contributed by atoms with Gasteiger partial charge in [0.25, 0.3) is 0 Å². The molecule has 98 valence electrons. The second kappa shape index (κ2) is 5.83. The van der Waals surface area contributed by atoms with E-state index in [0.29, 0.717) is 4.60 Å². The number of nitrogens with one attached hydrogen (secondary N) is 1. The number of nitrogens with zero attached hydrogens (tertiary/aromatic N) is 5. The van der Waals surface area contributed by atoms with E-state index in [1.807, 2.05) is 7.05 Å². The fourth-order valence-electron chi connectivity index (χ4n) is 1.77. The average Bonchev–Trinajstić information content (AvgIpc) is 2.92. The molecule has 0 aromatic carbocycles. The van der Waals surface area contributed by atoms with Gasteiger partial charge in [-0.25, -0.2) is 10.1 Å². The maximum Gasteiger partial charge on any atom is 0.153 e. The number of aromatic nitrogens is 5. The summed E-state index contributed by atoms with van der Waals surface area (Å²) in [4.78, 5) is 1.01. The van der Waals surface area contributed by atoms with Crippen LogP contribution in [-0.4, -0.2) is 24.6 Å². The van der Waals surface area contributed by atoms with Crippen LogP contribution in [-0.2, 0) is 13.5 Å². The topological polar surface area (TPSA) is 94.5 Å². The van der Waals surface area contributed by atoms with Crippen molar-refractivity contribution in [3.8, 4) is 0 Å². The summed E-state index contributed by atoms with van der Waals surface area (Å²) in [5, 5.41) is 12.1. The molecule has 9 heteroatoms. The molecule has 2 rings (SSSR count). The molecule has 0 bridgehead atoms. The zero-order valence-electron chi connectivity index (χ0n) is 10.1. The van der Waals surface area contributed by atoms with Gasteiger partial charge in [-0.1, -0.05) is 23.0 Å². The molecule has 2 aromatic heterocycles. The van der Waals surface area contributed by atoms with Gasteiger partial charge in [0, 0.05) is 7.05 Å². The van der Waals surface area contributed by atoms with Crippen molar-refractivity contribution in [2.45, 2.75) is 25.8 Å². The van der Waals surface area contributed by atoms with Crippen LogP contribution in [0.4, 0.5) is 0 Å². The smallest absolute Gasteiger partial charge is 0.153 e. The first kappa shape index (κ1) is 13.5. The largest absolute Gasteiger partial charge is 0.270 e. The molecule has 1 unspecified atom stereocenters. The van der Waals surface area contributed by atoms with Crippen LogP contribution in [0.3, 0.4) is 0 Å². The summed E-state index contributed by atoms with van der Waals surface area (Å²) in [6, 6.07) is -0.207. The summed E-state index contributed by atoms with van der Waals surface area (Å²) in [7, 11) is 1.82. The Morgan fingerprint density at radius 3 is 2.83 bits per heavy atom. The fraction of sp³-hybridized carbons (Fsp3) is 0.556. The van der Waals surface area contributed by atoms with Crippen LogP contribution >= 0.6 is 27.5 Å². The average molecular weight is 332 g/mol. The number of rotatable bonds is 5. The van der Waals surface area contributed by atoms with Crippen molar-refractivity contribution in [2.24, 2.45) is 12.9 Å². The second-order valence-electron chi connectivity index (χ2n) is 3.82. The molecule has 0 saturated carbocycles. The van der Waals surface area contributed by atoms with Crippen molar-refractivity contribution >= 4 is 27.5 Å². The molecular formula is C9H14BrN7S. The lowest BCUT2D eigenvalue weighted by Crippen LogP contribution is -2.30. The maximum atomic E-state index is 5.67. The van der Waals surface area contributed by atoms with E-state index in [0.717, 1.165) is 29.1 Å². The van der Waals surface area contributed by atoms with Crippen molar-refractivity contribution in [2.75, 3.05) is 0 Å². The first-order valence-corrected chi connectivity index (χ1v) is 7.08. The Morgan fingerprint density at radius 2 is 2.28 bits per heavy atom. The summed E-state index contributed by atoms with van der Waals surface area (Å²) in [5.74, 6) is 5.67. The minimum absolute atomic E-state index is 0.207. The second-order valence-corrected chi connectivity index (χ2v) is 5.36. The molecule has 0 saturated heterocycles. The molecule has 0 aliphatic heterocycles. The first-order valence-electron chi connectivity index (χ1n) is 5.51. The van der Waals surface area contributed by atoms with Crippen LogP contribution in [0.25, 0.3) is 0 Å². The van der Waals surface area contributed by atoms with Crippen LogP contribution in [0.2, 0.25) is 0 Å². The highest BCUT2D eigenvalue weighted by Crippen LogP contribution is 2.30. The van der Waals surface area contributed by atoms with Gasteiger partial charge in [-0.15, -0.1) is 10.2 Å². The fourth-order valence-corrected chi connectivity index (χ4v) is 3.09. The van der Waals surface area contributed by atoms with Gasteiger partial charge < -0.3 is 0 Å². The standard InChI is InChI=1S/C9H14BrN7S/c1-3-4-5-8(18-16-13-5)6(12-11)7-9(10)14-15-17(7)2/h6,12H,3-4,11H2,1-2H3. The van der Waals surface area contributed by atoms with Crippen LogP contribution in [0.5, 0.6) is 0 Å². The minimum atomic E-state index is -0.207. The van der Waals surface area contributed by atoms with Gasteiger partial charge in [0.05, 0.1) is 16.3 Å². The Hall–Kier alpha value is -0.900. The molecule has 1 atom stereocenters. The molecule has 0 aliphatic rings. The van der Waals surface area contributed by atoms with Crippen molar-refractivity contribution in [3.63, 3.8) is 0 Å². The molecule has 3 N–H and O–H groups in total. The number of hydrazine groups is 1. The Balaban J connectivity index is 2.42. The predicted molar refractivity (Wildman–Crippen MR) is 71.8 cm³/mol. The normalized spacial score (nSPS) is 12.9. The first-order chi connectivity index (χ1) is 8.69. The van der Waals surface area contributed by atoms with E-state index in [-0.39, 0.29) is 6.04 Å². The van der Waals surface area contributed by atoms with Gasteiger partial charge in [0.1, 0.15) is 6.04 Å². The number of halogens is 1. The van der Waals surface area contributed by atoms with Crippen molar-refractivity contribution < 1.29 is 0 Å². The number of hydrogen-bond donors (Lipinski definition) is 2. The Morgan fingerprint density at radius 1 is 1.50 bits per heavy atom. The third-order valence-electron chi connectivity index (χ3n) is 2.60. The molecule has 0 fully saturated rings. The lowest BCUT2D eigenvalue weighted by atomic mass is 10.1. The van der Waals surface area contributed by atoms with Gasteiger partial charge in [0.2, 0.25) is 0 Å². The van der Waals surface area contributed by atoms with E-state index in [9.17, 15) is 0 Å². The van der Waals surface area contributed by atoms with Crippen LogP contribution < -0.4 is 11.3 Å². The highest BCUT2D eigenvalue weighted by molar-refractivity contribution is 9.10. The predicted octanol–water partition coefficient (Wildman–Crippen LogP) is 0.934. The summed E-state index contributed by atoms with van der Waals surface area (Å²) in [6.45, 7) is 2.11. The van der Waals surface area contributed by atoms with E-state index < -0.39 is 0 Å². The van der Waals surface area contributed by atoms with E-state index in [1.165, 1.54) is 11.5 Å². The lowest BCUT2D eigenvalue weighted by Gasteiger charge is -2.15. The van der Waals surface area contributed by atoms with Gasteiger partial charge in [-0.2, -0.15) is 0 Å². The van der Waals surface area contributed by atoms with Crippen LogP contribution in [0.1, 0.15) is 35.7 Å². The Bertz CT molecular complexity index is 503. The zero-order valence-corrected chi connectivity index (χ0v) is 12.5. The molecular weight excluding hydrogens is 318 g/mol. The van der Waals surface area contributed by atoms with Gasteiger partial charge in [-0.05, 0) is 33.9 Å². The molecule has 2 aromatic rings. The summed E-state index contributed by atoms with van der Waals surface area (Å²) >= 11 is 4.73. The quantitative estimate of drug-likeness (QED) is 0.625. The highest BCUT2D eigenvalue weighted by Gasteiger charge is 2.25. The Labute approximate surface area is 117 Å². The highest BCUT2D eigenvalue weighted by atomic mass is 79.9. The molecule has 0 aliphatic carbocycles. The molecule has 2 heterocycles. The van der Waals surface area contributed by atoms with Crippen molar-refractivity contribution in [3.05, 3.63) is 20.9 Å². The minimum Gasteiger partial charge on any atom is -0.270 e. The van der Waals surface area contributed by atoms with Gasteiger partial charge >= 0.3 is 0 Å². The van der Waals surface area contributed by atoms with E-state index in [1.54, 1.807) is 4.68 Å². The summed E-state index contributed by atoms with van der Waals surface area (Å²) < 4.78 is 6.36. The molecule has 0 amide bonds. The maximum absolute atomic E-state index is 5.67. The molecule has 0 radical (unpaired) electrons. The van der Waals surface area contributed by atoms with Gasteiger partial charge in [0.15, 0.2) is 4.60 Å². The summed E-state index contributed by atoms with van der Waals surface area (Å²) in [5.41, 5.74) is 4.62. The number of aryl methyl sites for hydroxylation is 2. The van der Waals surface area contributed by atoms with Crippen molar-refractivity contribution in [1.29, 1.82) is 0 Å². The van der Waals surface area contributed by atoms with Crippen molar-refractivity contribution in [1.82, 2.24) is 30.0 Å². The van der Waals surface area contributed by atoms with E-state index >= 15 is 0 Å². The molecule has 7 nitrogen and oxygen atoms in total.